The van der Waals surface area contributed by atoms with Crippen molar-refractivity contribution >= 4 is 23.2 Å². The Kier molecular flexibility index (Phi) is 7.31. The van der Waals surface area contributed by atoms with Crippen LogP contribution in [0.1, 0.15) is 29.0 Å². The number of anilines is 1. The van der Waals surface area contributed by atoms with E-state index in [2.05, 4.69) is 10.2 Å². The van der Waals surface area contributed by atoms with Crippen molar-refractivity contribution in [2.45, 2.75) is 25.8 Å². The van der Waals surface area contributed by atoms with Crippen molar-refractivity contribution in [2.24, 2.45) is 5.92 Å². The number of carbonyl (C=O) groups is 1. The lowest BCUT2D eigenvalue weighted by molar-refractivity contribution is -0.121. The molecule has 0 aromatic heterocycles. The number of amides is 1. The van der Waals surface area contributed by atoms with Crippen LogP contribution in [0.25, 0.3) is 0 Å². The Hall–Kier alpha value is -2.89. The second kappa shape index (κ2) is 10.4. The Morgan fingerprint density at radius 1 is 1.12 bits per heavy atom. The fourth-order valence-corrected chi connectivity index (χ4v) is 4.65. The number of ether oxygens (including phenoxy) is 1. The average Bonchev–Trinajstić information content (AvgIpc) is 2.82. The maximum absolute atomic E-state index is 13.9. The number of hydrogen-bond donors (Lipinski definition) is 1. The number of piperidine rings is 1. The fourth-order valence-electron chi connectivity index (χ4n) is 4.46. The van der Waals surface area contributed by atoms with E-state index in [4.69, 9.17) is 16.3 Å². The van der Waals surface area contributed by atoms with Gasteiger partial charge in [-0.15, -0.1) is 0 Å². The number of nitrogens with zero attached hydrogens (tertiary/aromatic N) is 1. The van der Waals surface area contributed by atoms with Crippen LogP contribution in [0.3, 0.4) is 0 Å². The predicted molar refractivity (Wildman–Crippen MR) is 130 cm³/mol. The van der Waals surface area contributed by atoms with Crippen molar-refractivity contribution in [1.82, 2.24) is 4.90 Å². The normalized spacial score (nSPS) is 18.7. The quantitative estimate of drug-likeness (QED) is 0.481. The third-order valence-electron chi connectivity index (χ3n) is 6.26. The molecule has 1 aliphatic rings. The molecule has 1 heterocycles. The summed E-state index contributed by atoms with van der Waals surface area (Å²) in [7, 11) is 1.61. The highest BCUT2D eigenvalue weighted by Gasteiger charge is 2.33. The van der Waals surface area contributed by atoms with Gasteiger partial charge in [0.15, 0.2) is 0 Å². The molecular formula is C27H28ClFN2O2. The van der Waals surface area contributed by atoms with Gasteiger partial charge in [-0.25, -0.2) is 4.39 Å². The lowest BCUT2D eigenvalue weighted by Gasteiger charge is -2.37. The van der Waals surface area contributed by atoms with Gasteiger partial charge in [-0.1, -0.05) is 41.9 Å². The molecule has 6 heteroatoms. The molecule has 0 saturated carbocycles. The van der Waals surface area contributed by atoms with Crippen LogP contribution in [-0.4, -0.2) is 31.0 Å². The van der Waals surface area contributed by atoms with Gasteiger partial charge in [-0.3, -0.25) is 9.69 Å². The van der Waals surface area contributed by atoms with Gasteiger partial charge in [0.05, 0.1) is 13.0 Å². The molecule has 33 heavy (non-hydrogen) atoms. The van der Waals surface area contributed by atoms with Crippen LogP contribution >= 0.6 is 11.6 Å². The zero-order chi connectivity index (χ0) is 23.4. The van der Waals surface area contributed by atoms with Crippen molar-refractivity contribution in [3.05, 3.63) is 94.3 Å². The van der Waals surface area contributed by atoms with Crippen LogP contribution in [-0.2, 0) is 11.3 Å². The predicted octanol–water partition coefficient (Wildman–Crippen LogP) is 6.04. The molecule has 1 amide bonds. The molecule has 1 aliphatic heterocycles. The maximum Gasteiger partial charge on any atom is 0.228 e. The number of benzene rings is 3. The van der Waals surface area contributed by atoms with Gasteiger partial charge < -0.3 is 10.1 Å². The van der Waals surface area contributed by atoms with Crippen molar-refractivity contribution in [1.29, 1.82) is 0 Å². The molecule has 1 N–H and O–H groups in total. The van der Waals surface area contributed by atoms with Crippen LogP contribution in [0.15, 0.2) is 66.7 Å². The summed E-state index contributed by atoms with van der Waals surface area (Å²) in [6, 6.07) is 20.4. The van der Waals surface area contributed by atoms with Crippen LogP contribution in [0.4, 0.5) is 10.1 Å². The number of hydrogen-bond acceptors (Lipinski definition) is 3. The van der Waals surface area contributed by atoms with Crippen molar-refractivity contribution < 1.29 is 13.9 Å². The minimum absolute atomic E-state index is 0.0205. The standard InChI is InChI=1S/C27H28ClFN2O2/c1-18-13-19(7-12-26(18)29)21-14-22(27(32)30-23-8-10-24(33-2)11-9-23)17-31(16-21)15-20-5-3-4-6-25(20)28/h3-13,21-22H,14-17H2,1-2H3,(H,30,32). The van der Waals surface area contributed by atoms with Crippen molar-refractivity contribution in [3.63, 3.8) is 0 Å². The number of likely N-dealkylation sites (tertiary alicyclic amines) is 1. The van der Waals surface area contributed by atoms with E-state index in [1.165, 1.54) is 6.07 Å². The highest BCUT2D eigenvalue weighted by Crippen LogP contribution is 2.33. The molecule has 0 radical (unpaired) electrons. The average molecular weight is 467 g/mol. The molecule has 3 aromatic rings. The molecule has 0 spiro atoms. The number of rotatable bonds is 6. The van der Waals surface area contributed by atoms with Crippen LogP contribution < -0.4 is 10.1 Å². The molecular weight excluding hydrogens is 439 g/mol. The second-order valence-electron chi connectivity index (χ2n) is 8.64. The molecule has 4 rings (SSSR count). The summed E-state index contributed by atoms with van der Waals surface area (Å²) in [5.41, 5.74) is 3.44. The zero-order valence-corrected chi connectivity index (χ0v) is 19.6. The topological polar surface area (TPSA) is 41.6 Å². The molecule has 2 unspecified atom stereocenters. The van der Waals surface area contributed by atoms with Crippen LogP contribution in [0.2, 0.25) is 5.02 Å². The van der Waals surface area contributed by atoms with Gasteiger partial charge in [0.2, 0.25) is 5.91 Å². The zero-order valence-electron chi connectivity index (χ0n) is 18.9. The molecule has 0 aliphatic carbocycles. The highest BCUT2D eigenvalue weighted by atomic mass is 35.5. The number of methoxy groups -OCH3 is 1. The number of halogens is 2. The van der Waals surface area contributed by atoms with Gasteiger partial charge in [-0.2, -0.15) is 0 Å². The summed E-state index contributed by atoms with van der Waals surface area (Å²) in [6.45, 7) is 3.84. The van der Waals surface area contributed by atoms with Gasteiger partial charge in [0.25, 0.3) is 0 Å². The molecule has 172 valence electrons. The van der Waals surface area contributed by atoms with Crippen LogP contribution in [0.5, 0.6) is 5.75 Å². The summed E-state index contributed by atoms with van der Waals surface area (Å²) in [6.07, 6.45) is 0.700. The first-order chi connectivity index (χ1) is 15.9. The van der Waals surface area contributed by atoms with Gasteiger partial charge in [0.1, 0.15) is 11.6 Å². The van der Waals surface area contributed by atoms with Crippen molar-refractivity contribution in [2.75, 3.05) is 25.5 Å². The van der Waals surface area contributed by atoms with E-state index >= 15 is 0 Å². The minimum atomic E-state index is -0.212. The first-order valence-electron chi connectivity index (χ1n) is 11.1. The monoisotopic (exact) mass is 466 g/mol. The molecule has 1 fully saturated rings. The van der Waals surface area contributed by atoms with E-state index in [1.807, 2.05) is 60.7 Å². The smallest absolute Gasteiger partial charge is 0.228 e. The molecule has 0 bridgehead atoms. The first-order valence-corrected chi connectivity index (χ1v) is 11.5. The van der Waals surface area contributed by atoms with E-state index < -0.39 is 0 Å². The number of aryl methyl sites for hydroxylation is 1. The summed E-state index contributed by atoms with van der Waals surface area (Å²) < 4.78 is 19.1. The van der Waals surface area contributed by atoms with E-state index in [-0.39, 0.29) is 23.6 Å². The summed E-state index contributed by atoms with van der Waals surface area (Å²) in [4.78, 5) is 15.5. The van der Waals surface area contributed by atoms with E-state index in [9.17, 15) is 9.18 Å². The van der Waals surface area contributed by atoms with Crippen molar-refractivity contribution in [3.8, 4) is 5.75 Å². The lowest BCUT2D eigenvalue weighted by atomic mass is 9.83. The molecule has 2 atom stereocenters. The SMILES string of the molecule is COc1ccc(NC(=O)C2CC(c3ccc(F)c(C)c3)CN(Cc3ccccc3Cl)C2)cc1. The summed E-state index contributed by atoms with van der Waals surface area (Å²) in [5.74, 6) is 0.415. The van der Waals surface area contributed by atoms with E-state index in [1.54, 1.807) is 14.0 Å². The van der Waals surface area contributed by atoms with E-state index in [0.29, 0.717) is 25.1 Å². The van der Waals surface area contributed by atoms with Gasteiger partial charge in [0, 0.05) is 30.3 Å². The number of carbonyl (C=O) groups excluding carboxylic acids is 1. The summed E-state index contributed by atoms with van der Waals surface area (Å²) in [5, 5.41) is 3.76. The lowest BCUT2D eigenvalue weighted by Crippen LogP contribution is -2.43. The third kappa shape index (κ3) is 5.73. The molecule has 1 saturated heterocycles. The highest BCUT2D eigenvalue weighted by molar-refractivity contribution is 6.31. The second-order valence-corrected chi connectivity index (χ2v) is 9.05. The Bertz CT molecular complexity index is 1120. The molecule has 4 nitrogen and oxygen atoms in total. The van der Waals surface area contributed by atoms with Crippen LogP contribution in [0, 0.1) is 18.7 Å². The summed E-state index contributed by atoms with van der Waals surface area (Å²) >= 11 is 6.41. The Labute approximate surface area is 199 Å². The van der Waals surface area contributed by atoms with E-state index in [0.717, 1.165) is 34.1 Å². The van der Waals surface area contributed by atoms with Gasteiger partial charge in [-0.05, 0) is 72.4 Å². The third-order valence-corrected chi connectivity index (χ3v) is 6.63. The largest absolute Gasteiger partial charge is 0.497 e. The van der Waals surface area contributed by atoms with Gasteiger partial charge >= 0.3 is 0 Å². The molecule has 3 aromatic carbocycles. The Morgan fingerprint density at radius 2 is 1.88 bits per heavy atom. The Balaban J connectivity index is 1.55. The Morgan fingerprint density at radius 3 is 2.58 bits per heavy atom. The first kappa shape index (κ1) is 23.3. The fraction of sp³-hybridized carbons (Fsp3) is 0.296. The minimum Gasteiger partial charge on any atom is -0.497 e. The maximum atomic E-state index is 13.9. The number of nitrogens with one attached hydrogen (secondary N) is 1.